The SMILES string of the molecule is NC(=S)c1c(Br)cccc1Oc1ccccc1C(F)(F)F. The van der Waals surface area contributed by atoms with Crippen LogP contribution in [0.5, 0.6) is 11.5 Å². The number of halogens is 4. The van der Waals surface area contributed by atoms with Crippen LogP contribution in [0.25, 0.3) is 0 Å². The zero-order chi connectivity index (χ0) is 15.6. The van der Waals surface area contributed by atoms with Gasteiger partial charge in [0.2, 0.25) is 0 Å². The van der Waals surface area contributed by atoms with Crippen molar-refractivity contribution in [2.45, 2.75) is 6.18 Å². The van der Waals surface area contributed by atoms with Crippen LogP contribution in [-0.4, -0.2) is 4.99 Å². The number of ether oxygens (including phenoxy) is 1. The Morgan fingerprint density at radius 2 is 1.67 bits per heavy atom. The standard InChI is InChI=1S/C14H9BrF3NOS/c15-9-5-3-7-11(12(9)13(19)21)20-10-6-2-1-4-8(10)14(16,17)18/h1-7H,(H2,19,21). The summed E-state index contributed by atoms with van der Waals surface area (Å²) in [5.74, 6) is -0.144. The van der Waals surface area contributed by atoms with Crippen molar-refractivity contribution in [2.24, 2.45) is 5.73 Å². The smallest absolute Gasteiger partial charge is 0.419 e. The minimum atomic E-state index is -4.51. The lowest BCUT2D eigenvalue weighted by molar-refractivity contribution is -0.138. The third kappa shape index (κ3) is 3.54. The lowest BCUT2D eigenvalue weighted by atomic mass is 10.1. The highest BCUT2D eigenvalue weighted by Crippen LogP contribution is 2.39. The normalized spacial score (nSPS) is 11.2. The monoisotopic (exact) mass is 375 g/mol. The molecule has 2 aromatic carbocycles. The summed E-state index contributed by atoms with van der Waals surface area (Å²) in [7, 11) is 0. The van der Waals surface area contributed by atoms with E-state index in [1.165, 1.54) is 24.3 Å². The lowest BCUT2D eigenvalue weighted by Crippen LogP contribution is -2.12. The Balaban J connectivity index is 2.50. The van der Waals surface area contributed by atoms with Gasteiger partial charge < -0.3 is 10.5 Å². The zero-order valence-electron chi connectivity index (χ0n) is 10.4. The molecule has 0 heterocycles. The van der Waals surface area contributed by atoms with Crippen molar-refractivity contribution in [1.82, 2.24) is 0 Å². The quantitative estimate of drug-likeness (QED) is 0.775. The average molecular weight is 376 g/mol. The fourth-order valence-corrected chi connectivity index (χ4v) is 2.64. The van der Waals surface area contributed by atoms with Gasteiger partial charge in [-0.15, -0.1) is 0 Å². The molecule has 0 aliphatic heterocycles. The Morgan fingerprint density at radius 3 is 2.29 bits per heavy atom. The molecule has 0 aliphatic rings. The summed E-state index contributed by atoms with van der Waals surface area (Å²) in [6.45, 7) is 0. The molecule has 7 heteroatoms. The van der Waals surface area contributed by atoms with Crippen molar-refractivity contribution in [3.63, 3.8) is 0 Å². The summed E-state index contributed by atoms with van der Waals surface area (Å²) < 4.78 is 44.8. The third-order valence-electron chi connectivity index (χ3n) is 2.63. The van der Waals surface area contributed by atoms with Crippen molar-refractivity contribution in [3.8, 4) is 11.5 Å². The van der Waals surface area contributed by atoms with E-state index in [1.807, 2.05) is 0 Å². The topological polar surface area (TPSA) is 35.2 Å². The van der Waals surface area contributed by atoms with Crippen LogP contribution < -0.4 is 10.5 Å². The summed E-state index contributed by atoms with van der Waals surface area (Å²) in [6, 6.07) is 9.76. The molecule has 0 atom stereocenters. The summed E-state index contributed by atoms with van der Waals surface area (Å²) >= 11 is 8.15. The molecule has 0 radical (unpaired) electrons. The molecule has 0 amide bonds. The highest BCUT2D eigenvalue weighted by Gasteiger charge is 2.34. The summed E-state index contributed by atoms with van der Waals surface area (Å²) in [4.78, 5) is 0.0296. The Bertz CT molecular complexity index is 688. The van der Waals surface area contributed by atoms with Gasteiger partial charge in [0, 0.05) is 4.47 Å². The first kappa shape index (κ1) is 15.8. The molecule has 0 saturated heterocycles. The minimum Gasteiger partial charge on any atom is -0.456 e. The van der Waals surface area contributed by atoms with Crippen LogP contribution in [0.2, 0.25) is 0 Å². The number of nitrogens with two attached hydrogens (primary N) is 1. The fraction of sp³-hybridized carbons (Fsp3) is 0.0714. The molecule has 0 saturated carbocycles. The fourth-order valence-electron chi connectivity index (χ4n) is 1.74. The van der Waals surface area contributed by atoms with E-state index >= 15 is 0 Å². The predicted molar refractivity (Wildman–Crippen MR) is 81.5 cm³/mol. The summed E-state index contributed by atoms with van der Waals surface area (Å²) in [5.41, 5.74) is 5.08. The Hall–Kier alpha value is -1.60. The molecule has 0 bridgehead atoms. The molecule has 0 unspecified atom stereocenters. The van der Waals surface area contributed by atoms with Gasteiger partial charge in [-0.05, 0) is 40.2 Å². The van der Waals surface area contributed by atoms with Crippen molar-refractivity contribution < 1.29 is 17.9 Å². The Morgan fingerprint density at radius 1 is 1.05 bits per heavy atom. The van der Waals surface area contributed by atoms with Gasteiger partial charge >= 0.3 is 6.18 Å². The molecular weight excluding hydrogens is 367 g/mol. The average Bonchev–Trinajstić information content (AvgIpc) is 2.37. The van der Waals surface area contributed by atoms with Crippen LogP contribution in [-0.2, 0) is 6.18 Å². The molecule has 0 fully saturated rings. The highest BCUT2D eigenvalue weighted by atomic mass is 79.9. The minimum absolute atomic E-state index is 0.0296. The van der Waals surface area contributed by atoms with Gasteiger partial charge in [0.1, 0.15) is 16.5 Å². The predicted octanol–water partition coefficient (Wildman–Crippen LogP) is 4.89. The van der Waals surface area contributed by atoms with E-state index in [9.17, 15) is 13.2 Å². The van der Waals surface area contributed by atoms with E-state index in [4.69, 9.17) is 22.7 Å². The van der Waals surface area contributed by atoms with Crippen LogP contribution in [0.3, 0.4) is 0 Å². The maximum atomic E-state index is 12.9. The van der Waals surface area contributed by atoms with Gasteiger partial charge in [-0.25, -0.2) is 0 Å². The molecular formula is C14H9BrF3NOS. The molecule has 0 aromatic heterocycles. The van der Waals surface area contributed by atoms with Crippen LogP contribution in [0, 0.1) is 0 Å². The van der Waals surface area contributed by atoms with Gasteiger partial charge in [0.25, 0.3) is 0 Å². The van der Waals surface area contributed by atoms with E-state index in [1.54, 1.807) is 12.1 Å². The first-order valence-electron chi connectivity index (χ1n) is 5.73. The number of hydrogen-bond donors (Lipinski definition) is 1. The number of rotatable bonds is 3. The number of para-hydroxylation sites is 1. The number of alkyl halides is 3. The van der Waals surface area contributed by atoms with Gasteiger partial charge in [0.15, 0.2) is 0 Å². The molecule has 0 spiro atoms. The third-order valence-corrected chi connectivity index (χ3v) is 3.50. The second-order valence-corrected chi connectivity index (χ2v) is 5.37. The maximum Gasteiger partial charge on any atom is 0.419 e. The lowest BCUT2D eigenvalue weighted by Gasteiger charge is -2.16. The molecule has 0 aliphatic carbocycles. The van der Waals surface area contributed by atoms with E-state index in [0.717, 1.165) is 6.07 Å². The number of hydrogen-bond acceptors (Lipinski definition) is 2. The van der Waals surface area contributed by atoms with Crippen LogP contribution in [0.15, 0.2) is 46.9 Å². The van der Waals surface area contributed by atoms with Crippen LogP contribution >= 0.6 is 28.1 Å². The largest absolute Gasteiger partial charge is 0.456 e. The van der Waals surface area contributed by atoms with Gasteiger partial charge in [-0.2, -0.15) is 13.2 Å². The van der Waals surface area contributed by atoms with Gasteiger partial charge in [-0.1, -0.05) is 30.4 Å². The molecule has 2 aromatic rings. The van der Waals surface area contributed by atoms with Crippen molar-refractivity contribution in [3.05, 3.63) is 58.1 Å². The summed E-state index contributed by atoms with van der Waals surface area (Å²) in [6.07, 6.45) is -4.51. The van der Waals surface area contributed by atoms with Crippen molar-refractivity contribution in [2.75, 3.05) is 0 Å². The van der Waals surface area contributed by atoms with Gasteiger partial charge in [-0.3, -0.25) is 0 Å². The Labute approximate surface area is 132 Å². The van der Waals surface area contributed by atoms with E-state index in [2.05, 4.69) is 15.9 Å². The van der Waals surface area contributed by atoms with E-state index < -0.39 is 11.7 Å². The van der Waals surface area contributed by atoms with Crippen LogP contribution in [0.1, 0.15) is 11.1 Å². The van der Waals surface area contributed by atoms with Crippen molar-refractivity contribution >= 4 is 33.1 Å². The first-order chi connectivity index (χ1) is 9.80. The molecule has 21 heavy (non-hydrogen) atoms. The Kier molecular flexibility index (Phi) is 4.53. The zero-order valence-corrected chi connectivity index (χ0v) is 12.8. The highest BCUT2D eigenvalue weighted by molar-refractivity contribution is 9.10. The van der Waals surface area contributed by atoms with Crippen LogP contribution in [0.4, 0.5) is 13.2 Å². The summed E-state index contributed by atoms with van der Waals surface area (Å²) in [5, 5.41) is 0. The molecule has 2 nitrogen and oxygen atoms in total. The first-order valence-corrected chi connectivity index (χ1v) is 6.93. The van der Waals surface area contributed by atoms with Crippen molar-refractivity contribution in [1.29, 1.82) is 0 Å². The number of thiocarbonyl (C=S) groups is 1. The number of benzene rings is 2. The van der Waals surface area contributed by atoms with E-state index in [-0.39, 0.29) is 16.5 Å². The second-order valence-electron chi connectivity index (χ2n) is 4.07. The maximum absolute atomic E-state index is 12.9. The van der Waals surface area contributed by atoms with Gasteiger partial charge in [0.05, 0.1) is 11.1 Å². The molecule has 110 valence electrons. The molecule has 2 N–H and O–H groups in total. The molecule has 2 rings (SSSR count). The second kappa shape index (κ2) is 6.03. The van der Waals surface area contributed by atoms with E-state index in [0.29, 0.717) is 10.0 Å².